The lowest BCUT2D eigenvalue weighted by atomic mass is 9.97. The summed E-state index contributed by atoms with van der Waals surface area (Å²) in [5.74, 6) is 0.619. The lowest BCUT2D eigenvalue weighted by molar-refractivity contribution is 0.552. The molecule has 0 amide bonds. The van der Waals surface area contributed by atoms with E-state index >= 15 is 0 Å². The van der Waals surface area contributed by atoms with Crippen molar-refractivity contribution in [2.45, 2.75) is 49.8 Å². The van der Waals surface area contributed by atoms with Gasteiger partial charge in [-0.2, -0.15) is 0 Å². The first-order valence-corrected chi connectivity index (χ1v) is 7.05. The van der Waals surface area contributed by atoms with Crippen molar-refractivity contribution in [1.29, 1.82) is 0 Å². The third-order valence-electron chi connectivity index (χ3n) is 3.24. The second kappa shape index (κ2) is 4.80. The van der Waals surface area contributed by atoms with E-state index in [0.717, 1.165) is 6.54 Å². The molecule has 1 nitrogen and oxygen atoms in total. The Hall–Kier alpha value is -0.470. The molecule has 0 aromatic heterocycles. The summed E-state index contributed by atoms with van der Waals surface area (Å²) in [7, 11) is 0. The van der Waals surface area contributed by atoms with E-state index in [4.69, 9.17) is 0 Å². The maximum Gasteiger partial charge on any atom is 0.0452 e. The van der Waals surface area contributed by atoms with Gasteiger partial charge in [0.15, 0.2) is 0 Å². The zero-order valence-electron chi connectivity index (χ0n) is 10.6. The van der Waals surface area contributed by atoms with E-state index in [9.17, 15) is 0 Å². The van der Waals surface area contributed by atoms with Crippen molar-refractivity contribution in [2.24, 2.45) is 0 Å². The van der Waals surface area contributed by atoms with Gasteiger partial charge in [-0.25, -0.2) is 0 Å². The summed E-state index contributed by atoms with van der Waals surface area (Å²) in [6, 6.07) is 7.49. The van der Waals surface area contributed by atoms with Gasteiger partial charge in [0, 0.05) is 16.2 Å². The molecule has 1 aliphatic rings. The minimum atomic E-state index is 0.531. The first-order valence-electron chi connectivity index (χ1n) is 6.17. The molecule has 0 spiro atoms. The molecule has 0 aliphatic carbocycles. The molecule has 88 valence electrons. The highest BCUT2D eigenvalue weighted by Gasteiger charge is 2.29. The molecule has 1 N–H and O–H groups in total. The van der Waals surface area contributed by atoms with Gasteiger partial charge in [0.1, 0.15) is 0 Å². The number of hydrogen-bond acceptors (Lipinski definition) is 2. The van der Waals surface area contributed by atoms with Crippen LogP contribution in [0.1, 0.15) is 50.8 Å². The molecule has 2 rings (SSSR count). The molecule has 1 aliphatic heterocycles. The minimum absolute atomic E-state index is 0.531. The van der Waals surface area contributed by atoms with Crippen molar-refractivity contribution < 1.29 is 0 Å². The molecule has 1 aromatic rings. The predicted octanol–water partition coefficient (Wildman–Crippen LogP) is 3.95. The van der Waals surface area contributed by atoms with Crippen molar-refractivity contribution in [3.05, 3.63) is 29.3 Å². The summed E-state index contributed by atoms with van der Waals surface area (Å²) in [6.07, 6.45) is 0. The largest absolute Gasteiger partial charge is 0.309 e. The van der Waals surface area contributed by atoms with Crippen molar-refractivity contribution in [1.82, 2.24) is 5.32 Å². The Bertz CT molecular complexity index is 373. The summed E-state index contributed by atoms with van der Waals surface area (Å²) < 4.78 is 0. The molecular formula is C14H21NS. The molecule has 0 radical (unpaired) electrons. The molecule has 16 heavy (non-hydrogen) atoms. The first kappa shape index (κ1) is 12.0. The maximum absolute atomic E-state index is 3.60. The Morgan fingerprint density at radius 2 is 2.12 bits per heavy atom. The SMILES string of the molecule is CCNC1c2cc(C(C)C)ccc2SC1C. The second-order valence-electron chi connectivity index (χ2n) is 4.81. The topological polar surface area (TPSA) is 12.0 Å². The van der Waals surface area contributed by atoms with Gasteiger partial charge in [-0.3, -0.25) is 0 Å². The fourth-order valence-corrected chi connectivity index (χ4v) is 3.54. The summed E-state index contributed by atoms with van der Waals surface area (Å²) >= 11 is 2.00. The predicted molar refractivity (Wildman–Crippen MR) is 72.3 cm³/mol. The monoisotopic (exact) mass is 235 g/mol. The number of thioether (sulfide) groups is 1. The van der Waals surface area contributed by atoms with E-state index in [1.54, 1.807) is 0 Å². The van der Waals surface area contributed by atoms with E-state index in [2.05, 4.69) is 51.2 Å². The summed E-state index contributed by atoms with van der Waals surface area (Å²) in [4.78, 5) is 1.46. The normalized spacial score (nSPS) is 23.8. The summed E-state index contributed by atoms with van der Waals surface area (Å²) in [5.41, 5.74) is 2.96. The molecule has 0 saturated heterocycles. The molecule has 1 heterocycles. The molecular weight excluding hydrogens is 214 g/mol. The summed E-state index contributed by atoms with van der Waals surface area (Å²) in [6.45, 7) is 10.1. The van der Waals surface area contributed by atoms with Crippen molar-refractivity contribution >= 4 is 11.8 Å². The highest BCUT2D eigenvalue weighted by molar-refractivity contribution is 8.00. The zero-order chi connectivity index (χ0) is 11.7. The van der Waals surface area contributed by atoms with Crippen LogP contribution in [0.2, 0.25) is 0 Å². The third-order valence-corrected chi connectivity index (χ3v) is 4.51. The van der Waals surface area contributed by atoms with Gasteiger partial charge in [0.2, 0.25) is 0 Å². The number of rotatable bonds is 3. The van der Waals surface area contributed by atoms with Crippen LogP contribution in [0.15, 0.2) is 23.1 Å². The van der Waals surface area contributed by atoms with Crippen LogP contribution >= 0.6 is 11.8 Å². The van der Waals surface area contributed by atoms with Crippen molar-refractivity contribution in [3.8, 4) is 0 Å². The highest BCUT2D eigenvalue weighted by atomic mass is 32.2. The van der Waals surface area contributed by atoms with Crippen LogP contribution in [0.5, 0.6) is 0 Å². The van der Waals surface area contributed by atoms with Crippen LogP contribution in [0.3, 0.4) is 0 Å². The Labute approximate surface area is 103 Å². The van der Waals surface area contributed by atoms with Gasteiger partial charge in [-0.1, -0.05) is 39.8 Å². The van der Waals surface area contributed by atoms with E-state index in [-0.39, 0.29) is 0 Å². The third kappa shape index (κ3) is 2.14. The zero-order valence-corrected chi connectivity index (χ0v) is 11.4. The van der Waals surface area contributed by atoms with Gasteiger partial charge in [0.05, 0.1) is 0 Å². The smallest absolute Gasteiger partial charge is 0.0452 e. The van der Waals surface area contributed by atoms with Gasteiger partial charge < -0.3 is 5.32 Å². The molecule has 2 unspecified atom stereocenters. The Kier molecular flexibility index (Phi) is 3.60. The van der Waals surface area contributed by atoms with Crippen LogP contribution in [-0.2, 0) is 0 Å². The average molecular weight is 235 g/mol. The van der Waals surface area contributed by atoms with Gasteiger partial charge >= 0.3 is 0 Å². The van der Waals surface area contributed by atoms with Crippen molar-refractivity contribution in [3.63, 3.8) is 0 Å². The van der Waals surface area contributed by atoms with E-state index in [0.29, 0.717) is 17.2 Å². The number of hydrogen-bond donors (Lipinski definition) is 1. The van der Waals surface area contributed by atoms with Crippen LogP contribution in [0.4, 0.5) is 0 Å². The van der Waals surface area contributed by atoms with Gasteiger partial charge in [-0.15, -0.1) is 11.8 Å². The Morgan fingerprint density at radius 1 is 1.38 bits per heavy atom. The minimum Gasteiger partial charge on any atom is -0.309 e. The number of nitrogens with one attached hydrogen (secondary N) is 1. The number of benzene rings is 1. The standard InChI is InChI=1S/C14H21NS/c1-5-15-14-10(4)16-13-7-6-11(9(2)3)8-12(13)14/h6-10,14-15H,5H2,1-4H3. The fourth-order valence-electron chi connectivity index (χ4n) is 2.29. The molecule has 2 heteroatoms. The van der Waals surface area contributed by atoms with E-state index in [1.165, 1.54) is 16.0 Å². The Balaban J connectivity index is 2.34. The van der Waals surface area contributed by atoms with E-state index < -0.39 is 0 Å². The van der Waals surface area contributed by atoms with Crippen molar-refractivity contribution in [2.75, 3.05) is 6.54 Å². The maximum atomic E-state index is 3.60. The van der Waals surface area contributed by atoms with Gasteiger partial charge in [0.25, 0.3) is 0 Å². The summed E-state index contributed by atoms with van der Waals surface area (Å²) in [5, 5.41) is 4.25. The average Bonchev–Trinajstić information content (AvgIpc) is 2.55. The van der Waals surface area contributed by atoms with Crippen LogP contribution in [-0.4, -0.2) is 11.8 Å². The van der Waals surface area contributed by atoms with Crippen LogP contribution in [0.25, 0.3) is 0 Å². The quantitative estimate of drug-likeness (QED) is 0.851. The van der Waals surface area contributed by atoms with Crippen LogP contribution < -0.4 is 5.32 Å². The number of fused-ring (bicyclic) bond motifs is 1. The molecule has 1 aromatic carbocycles. The lowest BCUT2D eigenvalue weighted by Crippen LogP contribution is -2.25. The highest BCUT2D eigenvalue weighted by Crippen LogP contribution is 2.44. The van der Waals surface area contributed by atoms with Gasteiger partial charge in [-0.05, 0) is 29.7 Å². The van der Waals surface area contributed by atoms with E-state index in [1.807, 2.05) is 11.8 Å². The molecule has 0 fully saturated rings. The van der Waals surface area contributed by atoms with Crippen LogP contribution in [0, 0.1) is 0 Å². The lowest BCUT2D eigenvalue weighted by Gasteiger charge is -2.17. The molecule has 2 atom stereocenters. The second-order valence-corrected chi connectivity index (χ2v) is 6.23. The Morgan fingerprint density at radius 3 is 2.75 bits per heavy atom. The molecule has 0 saturated carbocycles. The first-order chi connectivity index (χ1) is 7.63. The fraction of sp³-hybridized carbons (Fsp3) is 0.571. The molecule has 0 bridgehead atoms.